The lowest BCUT2D eigenvalue weighted by Gasteiger charge is -2.33. The molecule has 0 atom stereocenters. The first-order chi connectivity index (χ1) is 10.1. The van der Waals surface area contributed by atoms with Crippen molar-refractivity contribution in [2.75, 3.05) is 25.0 Å². The van der Waals surface area contributed by atoms with Crippen LogP contribution in [0.4, 0.5) is 5.69 Å². The molecule has 0 aliphatic carbocycles. The summed E-state index contributed by atoms with van der Waals surface area (Å²) in [6.45, 7) is 7.13. The third-order valence-electron chi connectivity index (χ3n) is 4.02. The molecular weight excluding hydrogens is 262 g/mol. The number of nitrogens with one attached hydrogen (secondary N) is 1. The molecule has 1 aliphatic rings. The Labute approximate surface area is 126 Å². The van der Waals surface area contributed by atoms with Crippen molar-refractivity contribution in [3.63, 3.8) is 0 Å². The first kappa shape index (κ1) is 15.5. The SMILES string of the molecule is CCCN1CCC(Nc2cc(C#N)ccc2C(C)=O)CC1. The summed E-state index contributed by atoms with van der Waals surface area (Å²) in [6, 6.07) is 7.75. The Morgan fingerprint density at radius 3 is 2.71 bits per heavy atom. The van der Waals surface area contributed by atoms with E-state index >= 15 is 0 Å². The molecule has 0 amide bonds. The van der Waals surface area contributed by atoms with Crippen LogP contribution in [0.15, 0.2) is 18.2 Å². The maximum absolute atomic E-state index is 11.7. The number of nitriles is 1. The van der Waals surface area contributed by atoms with Crippen LogP contribution in [0.3, 0.4) is 0 Å². The molecule has 0 radical (unpaired) electrons. The Kier molecular flexibility index (Phi) is 5.35. The summed E-state index contributed by atoms with van der Waals surface area (Å²) < 4.78 is 0. The number of ketones is 1. The van der Waals surface area contributed by atoms with E-state index in [2.05, 4.69) is 23.2 Å². The van der Waals surface area contributed by atoms with Gasteiger partial charge in [0.2, 0.25) is 0 Å². The molecule has 1 heterocycles. The second kappa shape index (κ2) is 7.24. The van der Waals surface area contributed by atoms with Gasteiger partial charge < -0.3 is 10.2 Å². The molecule has 0 spiro atoms. The van der Waals surface area contributed by atoms with Gasteiger partial charge in [0.05, 0.1) is 11.6 Å². The lowest BCUT2D eigenvalue weighted by molar-refractivity contribution is 0.101. The predicted molar refractivity (Wildman–Crippen MR) is 84.5 cm³/mol. The number of hydrogen-bond donors (Lipinski definition) is 1. The molecule has 0 unspecified atom stereocenters. The predicted octanol–water partition coefficient (Wildman–Crippen LogP) is 3.05. The largest absolute Gasteiger partial charge is 0.382 e. The molecule has 0 saturated carbocycles. The molecule has 1 aromatic rings. The molecule has 21 heavy (non-hydrogen) atoms. The molecular formula is C17H23N3O. The quantitative estimate of drug-likeness (QED) is 0.845. The fourth-order valence-corrected chi connectivity index (χ4v) is 2.88. The molecule has 4 heteroatoms. The highest BCUT2D eigenvalue weighted by Crippen LogP contribution is 2.22. The summed E-state index contributed by atoms with van der Waals surface area (Å²) in [7, 11) is 0. The van der Waals surface area contributed by atoms with E-state index < -0.39 is 0 Å². The van der Waals surface area contributed by atoms with E-state index in [1.54, 1.807) is 25.1 Å². The number of hydrogen-bond acceptors (Lipinski definition) is 4. The van der Waals surface area contributed by atoms with Crippen LogP contribution < -0.4 is 5.32 Å². The number of likely N-dealkylation sites (tertiary alicyclic amines) is 1. The normalized spacial score (nSPS) is 16.4. The van der Waals surface area contributed by atoms with Crippen molar-refractivity contribution >= 4 is 11.5 Å². The Morgan fingerprint density at radius 2 is 2.14 bits per heavy atom. The van der Waals surface area contributed by atoms with Crippen LogP contribution in [0.1, 0.15) is 49.0 Å². The Morgan fingerprint density at radius 1 is 1.43 bits per heavy atom. The summed E-state index contributed by atoms with van der Waals surface area (Å²) >= 11 is 0. The van der Waals surface area contributed by atoms with E-state index in [9.17, 15) is 4.79 Å². The Hall–Kier alpha value is -1.86. The second-order valence-corrected chi connectivity index (χ2v) is 5.69. The number of carbonyl (C=O) groups is 1. The van der Waals surface area contributed by atoms with Gasteiger partial charge in [0.1, 0.15) is 0 Å². The topological polar surface area (TPSA) is 56.1 Å². The summed E-state index contributed by atoms with van der Waals surface area (Å²) in [6.07, 6.45) is 3.35. The van der Waals surface area contributed by atoms with Gasteiger partial charge in [-0.1, -0.05) is 6.92 Å². The van der Waals surface area contributed by atoms with Gasteiger partial charge in [-0.05, 0) is 50.9 Å². The van der Waals surface area contributed by atoms with Crippen LogP contribution in [0.25, 0.3) is 0 Å². The van der Waals surface area contributed by atoms with Crippen LogP contribution >= 0.6 is 0 Å². The zero-order chi connectivity index (χ0) is 15.2. The number of benzene rings is 1. The molecule has 1 N–H and O–H groups in total. The van der Waals surface area contributed by atoms with Crippen molar-refractivity contribution in [1.82, 2.24) is 4.90 Å². The molecule has 1 aliphatic heterocycles. The van der Waals surface area contributed by atoms with E-state index in [0.29, 0.717) is 17.2 Å². The Bertz CT molecular complexity index is 539. The van der Waals surface area contributed by atoms with Gasteiger partial charge in [0.15, 0.2) is 5.78 Å². The van der Waals surface area contributed by atoms with Gasteiger partial charge in [-0.3, -0.25) is 4.79 Å². The maximum Gasteiger partial charge on any atom is 0.161 e. The fraction of sp³-hybridized carbons (Fsp3) is 0.529. The van der Waals surface area contributed by atoms with Gasteiger partial charge in [-0.2, -0.15) is 5.26 Å². The summed E-state index contributed by atoms with van der Waals surface area (Å²) in [4.78, 5) is 14.2. The van der Waals surface area contributed by atoms with Crippen molar-refractivity contribution in [2.24, 2.45) is 0 Å². The van der Waals surface area contributed by atoms with Gasteiger partial charge >= 0.3 is 0 Å². The highest BCUT2D eigenvalue weighted by molar-refractivity contribution is 5.99. The minimum absolute atomic E-state index is 0.0328. The molecule has 2 rings (SSSR count). The van der Waals surface area contributed by atoms with Crippen molar-refractivity contribution in [1.29, 1.82) is 5.26 Å². The molecule has 1 aromatic carbocycles. The first-order valence-electron chi connectivity index (χ1n) is 7.68. The summed E-state index contributed by atoms with van der Waals surface area (Å²) in [5, 5.41) is 12.5. The molecule has 4 nitrogen and oxygen atoms in total. The zero-order valence-electron chi connectivity index (χ0n) is 12.9. The van der Waals surface area contributed by atoms with E-state index in [1.807, 2.05) is 0 Å². The molecule has 0 aromatic heterocycles. The van der Waals surface area contributed by atoms with Crippen LogP contribution in [0.5, 0.6) is 0 Å². The van der Waals surface area contributed by atoms with Crippen LogP contribution in [-0.4, -0.2) is 36.4 Å². The van der Waals surface area contributed by atoms with Crippen molar-refractivity contribution in [3.8, 4) is 6.07 Å². The lowest BCUT2D eigenvalue weighted by atomic mass is 10.0. The van der Waals surface area contributed by atoms with Crippen molar-refractivity contribution in [2.45, 2.75) is 39.2 Å². The highest BCUT2D eigenvalue weighted by Gasteiger charge is 2.20. The monoisotopic (exact) mass is 285 g/mol. The van der Waals surface area contributed by atoms with Crippen LogP contribution in [0, 0.1) is 11.3 Å². The van der Waals surface area contributed by atoms with E-state index in [-0.39, 0.29) is 5.78 Å². The summed E-state index contributed by atoms with van der Waals surface area (Å²) in [5.41, 5.74) is 2.06. The average molecular weight is 285 g/mol. The van der Waals surface area contributed by atoms with E-state index in [4.69, 9.17) is 5.26 Å². The molecule has 112 valence electrons. The highest BCUT2D eigenvalue weighted by atomic mass is 16.1. The zero-order valence-corrected chi connectivity index (χ0v) is 12.9. The first-order valence-corrected chi connectivity index (χ1v) is 7.68. The third-order valence-corrected chi connectivity index (χ3v) is 4.02. The fourth-order valence-electron chi connectivity index (χ4n) is 2.88. The molecule has 0 bridgehead atoms. The third kappa shape index (κ3) is 4.05. The number of Topliss-reactive ketones (excluding diaryl/α,β-unsaturated/α-hetero) is 1. The Balaban J connectivity index is 2.06. The molecule has 1 saturated heterocycles. The number of nitrogens with zero attached hydrogens (tertiary/aromatic N) is 2. The van der Waals surface area contributed by atoms with Crippen molar-refractivity contribution in [3.05, 3.63) is 29.3 Å². The smallest absolute Gasteiger partial charge is 0.161 e. The minimum atomic E-state index is 0.0328. The average Bonchev–Trinajstić information content (AvgIpc) is 2.49. The number of piperidine rings is 1. The lowest BCUT2D eigenvalue weighted by Crippen LogP contribution is -2.39. The maximum atomic E-state index is 11.7. The van der Waals surface area contributed by atoms with E-state index in [0.717, 1.165) is 38.2 Å². The van der Waals surface area contributed by atoms with Crippen molar-refractivity contribution < 1.29 is 4.79 Å². The van der Waals surface area contributed by atoms with Gasteiger partial charge in [0.25, 0.3) is 0 Å². The minimum Gasteiger partial charge on any atom is -0.382 e. The number of rotatable bonds is 5. The number of carbonyl (C=O) groups excluding carboxylic acids is 1. The van der Waals surface area contributed by atoms with Crippen LogP contribution in [-0.2, 0) is 0 Å². The number of anilines is 1. The standard InChI is InChI=1S/C17H23N3O/c1-3-8-20-9-6-15(7-10-20)19-17-11-14(12-18)4-5-16(17)13(2)21/h4-5,11,15,19H,3,6-10H2,1-2H3. The molecule has 1 fully saturated rings. The summed E-state index contributed by atoms with van der Waals surface area (Å²) in [5.74, 6) is 0.0328. The van der Waals surface area contributed by atoms with Crippen LogP contribution in [0.2, 0.25) is 0 Å². The van der Waals surface area contributed by atoms with Gasteiger partial charge in [-0.15, -0.1) is 0 Å². The van der Waals surface area contributed by atoms with Gasteiger partial charge in [-0.25, -0.2) is 0 Å². The van der Waals surface area contributed by atoms with E-state index in [1.165, 1.54) is 6.42 Å². The second-order valence-electron chi connectivity index (χ2n) is 5.69. The van der Waals surface area contributed by atoms with Gasteiger partial charge in [0, 0.05) is 30.4 Å².